The lowest BCUT2D eigenvalue weighted by molar-refractivity contribution is 0.437. The quantitative estimate of drug-likeness (QED) is 0.284. The minimum absolute atomic E-state index is 0.0264. The molecule has 3 aromatic heterocycles. The SMILES string of the molecule is N#Cc1cc(Cl)cc(Oc2c(Cl)ccc(Cc3nnc(-c4cnn5c4[nH]c(=O)c4ccccc45)o3)c2F)c1. The summed E-state index contributed by atoms with van der Waals surface area (Å²) in [5.74, 6) is -0.592. The number of rotatable bonds is 5. The van der Waals surface area contributed by atoms with Crippen molar-refractivity contribution < 1.29 is 13.5 Å². The van der Waals surface area contributed by atoms with E-state index in [4.69, 9.17) is 37.6 Å². The van der Waals surface area contributed by atoms with Crippen LogP contribution >= 0.6 is 23.2 Å². The van der Waals surface area contributed by atoms with Crippen LogP contribution in [0.2, 0.25) is 10.0 Å². The van der Waals surface area contributed by atoms with Crippen molar-refractivity contribution in [2.24, 2.45) is 0 Å². The summed E-state index contributed by atoms with van der Waals surface area (Å²) in [6.45, 7) is 0. The Labute approximate surface area is 222 Å². The number of nitrogens with one attached hydrogen (secondary N) is 1. The van der Waals surface area contributed by atoms with Gasteiger partial charge in [-0.1, -0.05) is 41.4 Å². The van der Waals surface area contributed by atoms with Crippen LogP contribution in [0.4, 0.5) is 4.39 Å². The first-order valence-corrected chi connectivity index (χ1v) is 11.8. The highest BCUT2D eigenvalue weighted by atomic mass is 35.5. The molecule has 6 rings (SSSR count). The molecule has 0 fully saturated rings. The fourth-order valence-corrected chi connectivity index (χ4v) is 4.45. The largest absolute Gasteiger partial charge is 0.453 e. The molecule has 12 heteroatoms. The number of hydrogen-bond donors (Lipinski definition) is 1. The maximum absolute atomic E-state index is 15.4. The molecule has 0 bridgehead atoms. The van der Waals surface area contributed by atoms with Gasteiger partial charge in [-0.2, -0.15) is 10.4 Å². The molecule has 186 valence electrons. The number of H-pyrrole nitrogens is 1. The highest BCUT2D eigenvalue weighted by Crippen LogP contribution is 2.36. The third kappa shape index (κ3) is 4.14. The van der Waals surface area contributed by atoms with Crippen LogP contribution in [0, 0.1) is 17.1 Å². The molecule has 0 spiro atoms. The molecule has 9 nitrogen and oxygen atoms in total. The third-order valence-corrected chi connectivity index (χ3v) is 6.28. The van der Waals surface area contributed by atoms with Crippen molar-refractivity contribution in [3.8, 4) is 29.0 Å². The summed E-state index contributed by atoms with van der Waals surface area (Å²) >= 11 is 12.2. The van der Waals surface area contributed by atoms with Crippen molar-refractivity contribution >= 4 is 39.8 Å². The summed E-state index contributed by atoms with van der Waals surface area (Å²) in [4.78, 5) is 15.3. The molecule has 0 atom stereocenters. The first kappa shape index (κ1) is 23.7. The summed E-state index contributed by atoms with van der Waals surface area (Å²) < 4.78 is 28.4. The molecule has 0 radical (unpaired) electrons. The van der Waals surface area contributed by atoms with Crippen LogP contribution in [-0.2, 0) is 6.42 Å². The number of benzene rings is 3. The average Bonchev–Trinajstić information content (AvgIpc) is 3.55. The average molecular weight is 547 g/mol. The predicted molar refractivity (Wildman–Crippen MR) is 137 cm³/mol. The molecule has 0 aliphatic rings. The number of aromatic amines is 1. The van der Waals surface area contributed by atoms with E-state index in [2.05, 4.69) is 20.3 Å². The van der Waals surface area contributed by atoms with Crippen molar-refractivity contribution in [2.75, 3.05) is 0 Å². The molecule has 3 aromatic carbocycles. The van der Waals surface area contributed by atoms with Crippen LogP contribution in [0.25, 0.3) is 28.0 Å². The molecule has 0 aliphatic carbocycles. The Morgan fingerprint density at radius 3 is 2.82 bits per heavy atom. The van der Waals surface area contributed by atoms with Crippen molar-refractivity contribution in [1.29, 1.82) is 5.26 Å². The van der Waals surface area contributed by atoms with Gasteiger partial charge in [0.15, 0.2) is 11.6 Å². The molecule has 38 heavy (non-hydrogen) atoms. The summed E-state index contributed by atoms with van der Waals surface area (Å²) in [6.07, 6.45) is 1.44. The number of aromatic nitrogens is 5. The fourth-order valence-electron chi connectivity index (χ4n) is 4.04. The van der Waals surface area contributed by atoms with E-state index in [1.807, 2.05) is 6.07 Å². The number of para-hydroxylation sites is 1. The van der Waals surface area contributed by atoms with Gasteiger partial charge in [-0.15, -0.1) is 10.2 Å². The maximum atomic E-state index is 15.4. The summed E-state index contributed by atoms with van der Waals surface area (Å²) in [5.41, 5.74) is 1.57. The highest BCUT2D eigenvalue weighted by Gasteiger charge is 2.20. The second kappa shape index (κ2) is 9.30. The van der Waals surface area contributed by atoms with Crippen molar-refractivity contribution in [3.63, 3.8) is 0 Å². The van der Waals surface area contributed by atoms with E-state index in [1.54, 1.807) is 28.8 Å². The van der Waals surface area contributed by atoms with Gasteiger partial charge in [-0.3, -0.25) is 4.79 Å². The van der Waals surface area contributed by atoms with Crippen LogP contribution in [0.5, 0.6) is 11.5 Å². The van der Waals surface area contributed by atoms with Gasteiger partial charge < -0.3 is 14.1 Å². The van der Waals surface area contributed by atoms with E-state index in [0.29, 0.717) is 22.1 Å². The second-order valence-electron chi connectivity index (χ2n) is 8.21. The molecule has 1 N–H and O–H groups in total. The van der Waals surface area contributed by atoms with Crippen LogP contribution in [-0.4, -0.2) is 24.8 Å². The van der Waals surface area contributed by atoms with E-state index in [9.17, 15) is 4.79 Å². The molecule has 0 aliphatic heterocycles. The van der Waals surface area contributed by atoms with Gasteiger partial charge in [-0.25, -0.2) is 8.91 Å². The Balaban J connectivity index is 1.32. The first-order valence-electron chi connectivity index (χ1n) is 11.1. The van der Waals surface area contributed by atoms with Gasteiger partial charge in [0.25, 0.3) is 11.4 Å². The number of nitrogens with zero attached hydrogens (tertiary/aromatic N) is 5. The lowest BCUT2D eigenvalue weighted by Crippen LogP contribution is -2.10. The number of nitriles is 1. The van der Waals surface area contributed by atoms with Crippen molar-refractivity contribution in [2.45, 2.75) is 6.42 Å². The van der Waals surface area contributed by atoms with E-state index in [-0.39, 0.29) is 56.4 Å². The lowest BCUT2D eigenvalue weighted by atomic mass is 10.1. The number of hydrogen-bond acceptors (Lipinski definition) is 7. The summed E-state index contributed by atoms with van der Waals surface area (Å²) in [5, 5.41) is 22.4. The Hall–Kier alpha value is -4.72. The highest BCUT2D eigenvalue weighted by molar-refractivity contribution is 6.32. The Kier molecular flexibility index (Phi) is 5.79. The Bertz CT molecular complexity index is 1970. The van der Waals surface area contributed by atoms with Crippen LogP contribution in [0.1, 0.15) is 17.0 Å². The van der Waals surface area contributed by atoms with Crippen LogP contribution in [0.15, 0.2) is 70.0 Å². The predicted octanol–water partition coefficient (Wildman–Crippen LogP) is 5.93. The van der Waals surface area contributed by atoms with E-state index in [1.165, 1.54) is 36.5 Å². The smallest absolute Gasteiger partial charge is 0.259 e. The monoisotopic (exact) mass is 546 g/mol. The first-order chi connectivity index (χ1) is 18.4. The van der Waals surface area contributed by atoms with Crippen molar-refractivity contribution in [1.82, 2.24) is 24.8 Å². The molecular weight excluding hydrogens is 534 g/mol. The van der Waals surface area contributed by atoms with E-state index >= 15 is 4.39 Å². The lowest BCUT2D eigenvalue weighted by Gasteiger charge is -2.11. The molecule has 6 aromatic rings. The van der Waals surface area contributed by atoms with E-state index < -0.39 is 5.82 Å². The second-order valence-corrected chi connectivity index (χ2v) is 9.05. The third-order valence-electron chi connectivity index (χ3n) is 5.77. The van der Waals surface area contributed by atoms with Gasteiger partial charge in [0.1, 0.15) is 17.0 Å². The minimum Gasteiger partial charge on any atom is -0.453 e. The van der Waals surface area contributed by atoms with Gasteiger partial charge in [0.2, 0.25) is 5.89 Å². The van der Waals surface area contributed by atoms with Crippen LogP contribution < -0.4 is 10.3 Å². The summed E-state index contributed by atoms with van der Waals surface area (Å²) in [7, 11) is 0. The molecular formula is C26H13Cl2FN6O3. The zero-order valence-corrected chi connectivity index (χ0v) is 20.6. The van der Waals surface area contributed by atoms with Gasteiger partial charge in [0.05, 0.1) is 40.2 Å². The topological polar surface area (TPSA) is 122 Å². The van der Waals surface area contributed by atoms with Crippen LogP contribution in [0.3, 0.4) is 0 Å². The molecule has 0 saturated heterocycles. The Morgan fingerprint density at radius 2 is 1.97 bits per heavy atom. The molecule has 0 amide bonds. The minimum atomic E-state index is -0.734. The molecule has 3 heterocycles. The number of halogens is 3. The molecule has 0 saturated carbocycles. The standard InChI is InChI=1S/C26H13Cl2FN6O3/c27-15-7-13(11-30)8-16(10-15)37-23-19(28)6-5-14(22(23)29)9-21-33-34-26(38-21)18-12-31-35-20-4-2-1-3-17(20)25(36)32-24(18)35/h1-8,10,12H,9H2,(H,32,36). The van der Waals surface area contributed by atoms with Crippen molar-refractivity contribution in [3.05, 3.63) is 104 Å². The van der Waals surface area contributed by atoms with Gasteiger partial charge >= 0.3 is 0 Å². The van der Waals surface area contributed by atoms with E-state index in [0.717, 1.165) is 0 Å². The fraction of sp³-hybridized carbons (Fsp3) is 0.0385. The van der Waals surface area contributed by atoms with Gasteiger partial charge in [-0.05, 0) is 36.4 Å². The normalized spacial score (nSPS) is 11.2. The van der Waals surface area contributed by atoms with Gasteiger partial charge in [0, 0.05) is 10.6 Å². The summed E-state index contributed by atoms with van der Waals surface area (Å²) in [6, 6.07) is 16.3. The zero-order chi connectivity index (χ0) is 26.4. The zero-order valence-electron chi connectivity index (χ0n) is 19.1. The molecule has 0 unspecified atom stereocenters. The maximum Gasteiger partial charge on any atom is 0.259 e. The number of fused-ring (bicyclic) bond motifs is 3. The Morgan fingerprint density at radius 1 is 1.13 bits per heavy atom. The number of ether oxygens (including phenoxy) is 1.